The van der Waals surface area contributed by atoms with Crippen LogP contribution in [0.1, 0.15) is 41.7 Å². The molecule has 0 spiro atoms. The van der Waals surface area contributed by atoms with Crippen LogP contribution in [0.5, 0.6) is 0 Å². The molecule has 0 N–H and O–H groups in total. The van der Waals surface area contributed by atoms with E-state index < -0.39 is 5.92 Å². The minimum Gasteiger partial charge on any atom is -0.337 e. The smallest absolute Gasteiger partial charge is 0.276 e. The van der Waals surface area contributed by atoms with Crippen LogP contribution < -0.4 is 0 Å². The molecule has 8 heteroatoms. The van der Waals surface area contributed by atoms with Gasteiger partial charge < -0.3 is 4.90 Å². The average molecular weight is 403 g/mol. The van der Waals surface area contributed by atoms with Crippen LogP contribution in [0.4, 0.5) is 8.78 Å². The first-order valence-corrected chi connectivity index (χ1v) is 10.4. The number of aryl methyl sites for hydroxylation is 1. The highest BCUT2D eigenvalue weighted by molar-refractivity contribution is 5.92. The molecule has 1 amide bonds. The Morgan fingerprint density at radius 3 is 2.69 bits per heavy atom. The Bertz CT molecular complexity index is 819. The number of halogens is 2. The summed E-state index contributed by atoms with van der Waals surface area (Å²) in [6.45, 7) is 2.21. The zero-order valence-corrected chi connectivity index (χ0v) is 16.5. The maximum absolute atomic E-state index is 14.1. The summed E-state index contributed by atoms with van der Waals surface area (Å²) in [5, 5.41) is 8.01. The Labute approximate surface area is 169 Å². The molecule has 2 saturated heterocycles. The molecule has 2 aliphatic rings. The predicted molar refractivity (Wildman–Crippen MR) is 105 cm³/mol. The highest BCUT2D eigenvalue weighted by atomic mass is 19.3. The first-order valence-electron chi connectivity index (χ1n) is 10.4. The van der Waals surface area contributed by atoms with E-state index in [1.807, 2.05) is 23.1 Å². The number of carbonyl (C=O) groups excluding carboxylic acids is 1. The van der Waals surface area contributed by atoms with Gasteiger partial charge in [0.2, 0.25) is 0 Å². The number of rotatable bonds is 7. The van der Waals surface area contributed by atoms with Crippen molar-refractivity contribution in [1.82, 2.24) is 24.8 Å². The van der Waals surface area contributed by atoms with Crippen LogP contribution in [0.2, 0.25) is 0 Å². The fraction of sp³-hybridized carbons (Fsp3) is 0.571. The summed E-state index contributed by atoms with van der Waals surface area (Å²) >= 11 is 0. The van der Waals surface area contributed by atoms with Gasteiger partial charge in [-0.3, -0.25) is 14.4 Å². The largest absolute Gasteiger partial charge is 0.337 e. The van der Waals surface area contributed by atoms with E-state index in [-0.39, 0.29) is 24.9 Å². The molecular formula is C21H27F2N5O. The van der Waals surface area contributed by atoms with E-state index in [4.69, 9.17) is 0 Å². The van der Waals surface area contributed by atoms with Crippen LogP contribution >= 0.6 is 0 Å². The van der Waals surface area contributed by atoms with Crippen LogP contribution in [0, 0.1) is 0 Å². The fourth-order valence-electron chi connectivity index (χ4n) is 4.32. The van der Waals surface area contributed by atoms with Crippen molar-refractivity contribution in [1.29, 1.82) is 0 Å². The maximum Gasteiger partial charge on any atom is 0.276 e. The van der Waals surface area contributed by atoms with Gasteiger partial charge in [0.1, 0.15) is 0 Å². The van der Waals surface area contributed by atoms with Gasteiger partial charge in [0, 0.05) is 25.6 Å². The van der Waals surface area contributed by atoms with Crippen molar-refractivity contribution in [3.63, 3.8) is 0 Å². The Hall–Kier alpha value is -2.35. The number of nitrogens with zero attached hydrogens (tertiary/aromatic N) is 5. The third-order valence-electron chi connectivity index (χ3n) is 5.79. The first kappa shape index (κ1) is 19.9. The van der Waals surface area contributed by atoms with Crippen molar-refractivity contribution in [2.45, 2.75) is 50.6 Å². The van der Waals surface area contributed by atoms with Crippen LogP contribution in [0.25, 0.3) is 0 Å². The van der Waals surface area contributed by atoms with Crippen molar-refractivity contribution < 1.29 is 13.6 Å². The van der Waals surface area contributed by atoms with E-state index >= 15 is 0 Å². The monoisotopic (exact) mass is 403 g/mol. The van der Waals surface area contributed by atoms with Crippen LogP contribution in [-0.4, -0.2) is 68.8 Å². The van der Waals surface area contributed by atoms with Crippen molar-refractivity contribution >= 4 is 5.91 Å². The molecule has 1 aromatic heterocycles. The van der Waals surface area contributed by atoms with E-state index in [0.29, 0.717) is 18.8 Å². The Balaban J connectivity index is 1.35. The first-order chi connectivity index (χ1) is 14.0. The standard InChI is InChI=1S/C21H27F2N5O/c22-21(23)13-18(27(16-21)12-6-9-17-7-2-1-3-8-17)14-28-15-19(24-25-28)20(29)26-10-4-5-11-26/h1-3,7-8,15,18H,4-6,9-14,16H2. The lowest BCUT2D eigenvalue weighted by Gasteiger charge is -2.23. The second-order valence-electron chi connectivity index (χ2n) is 8.10. The lowest BCUT2D eigenvalue weighted by atomic mass is 10.1. The number of hydrogen-bond donors (Lipinski definition) is 0. The molecule has 2 fully saturated rings. The molecule has 29 heavy (non-hydrogen) atoms. The van der Waals surface area contributed by atoms with Gasteiger partial charge in [-0.15, -0.1) is 5.10 Å². The molecule has 1 aromatic carbocycles. The average Bonchev–Trinajstić information content (AvgIpc) is 3.43. The molecule has 0 aliphatic carbocycles. The summed E-state index contributed by atoms with van der Waals surface area (Å²) in [5.41, 5.74) is 1.52. The van der Waals surface area contributed by atoms with Gasteiger partial charge in [0.15, 0.2) is 5.69 Å². The summed E-state index contributed by atoms with van der Waals surface area (Å²) in [6, 6.07) is 9.77. The lowest BCUT2D eigenvalue weighted by molar-refractivity contribution is 0.0119. The van der Waals surface area contributed by atoms with Crippen molar-refractivity contribution in [2.24, 2.45) is 0 Å². The number of hydrogen-bond acceptors (Lipinski definition) is 4. The van der Waals surface area contributed by atoms with Gasteiger partial charge in [0.05, 0.1) is 19.3 Å². The Morgan fingerprint density at radius 2 is 1.93 bits per heavy atom. The summed E-state index contributed by atoms with van der Waals surface area (Å²) in [5.74, 6) is -2.81. The van der Waals surface area contributed by atoms with Crippen molar-refractivity contribution in [3.05, 3.63) is 47.8 Å². The number of carbonyl (C=O) groups is 1. The molecular weight excluding hydrogens is 376 g/mol. The van der Waals surface area contributed by atoms with E-state index in [2.05, 4.69) is 22.4 Å². The van der Waals surface area contributed by atoms with E-state index in [9.17, 15) is 13.6 Å². The van der Waals surface area contributed by atoms with Gasteiger partial charge in [-0.2, -0.15) is 0 Å². The third kappa shape index (κ3) is 4.98. The van der Waals surface area contributed by atoms with Gasteiger partial charge in [-0.05, 0) is 37.8 Å². The van der Waals surface area contributed by atoms with Crippen LogP contribution in [0.15, 0.2) is 36.5 Å². The predicted octanol–water partition coefficient (Wildman–Crippen LogP) is 2.86. The molecule has 0 bridgehead atoms. The highest BCUT2D eigenvalue weighted by Gasteiger charge is 2.44. The van der Waals surface area contributed by atoms with Crippen LogP contribution in [-0.2, 0) is 13.0 Å². The minimum atomic E-state index is -2.69. The van der Waals surface area contributed by atoms with E-state index in [0.717, 1.165) is 38.8 Å². The molecule has 2 aromatic rings. The third-order valence-corrected chi connectivity index (χ3v) is 5.79. The zero-order chi connectivity index (χ0) is 20.3. The van der Waals surface area contributed by atoms with E-state index in [1.165, 1.54) is 5.56 Å². The number of alkyl halides is 2. The molecule has 4 rings (SSSR count). The molecule has 1 unspecified atom stereocenters. The molecule has 0 radical (unpaired) electrons. The summed E-state index contributed by atoms with van der Waals surface area (Å²) in [7, 11) is 0. The fourth-order valence-corrected chi connectivity index (χ4v) is 4.32. The topological polar surface area (TPSA) is 54.3 Å². The summed E-state index contributed by atoms with van der Waals surface area (Å²) < 4.78 is 29.7. The van der Waals surface area contributed by atoms with Gasteiger partial charge >= 0.3 is 0 Å². The van der Waals surface area contributed by atoms with Gasteiger partial charge in [0.25, 0.3) is 11.8 Å². The second kappa shape index (κ2) is 8.57. The SMILES string of the molecule is O=C(c1cn(CC2CC(F)(F)CN2CCCc2ccccc2)nn1)N1CCCC1. The molecule has 3 heterocycles. The second-order valence-corrected chi connectivity index (χ2v) is 8.10. The lowest BCUT2D eigenvalue weighted by Crippen LogP contribution is -2.34. The van der Waals surface area contributed by atoms with Gasteiger partial charge in [-0.1, -0.05) is 35.5 Å². The zero-order valence-electron chi connectivity index (χ0n) is 16.5. The van der Waals surface area contributed by atoms with E-state index in [1.54, 1.807) is 15.8 Å². The van der Waals surface area contributed by atoms with Crippen molar-refractivity contribution in [2.75, 3.05) is 26.2 Å². The molecule has 0 saturated carbocycles. The number of aromatic nitrogens is 3. The normalized spacial score (nSPS) is 21.7. The Kier molecular flexibility index (Phi) is 5.89. The highest BCUT2D eigenvalue weighted by Crippen LogP contribution is 2.33. The molecule has 156 valence electrons. The molecule has 1 atom stereocenters. The maximum atomic E-state index is 14.1. The van der Waals surface area contributed by atoms with Crippen LogP contribution in [0.3, 0.4) is 0 Å². The minimum absolute atomic E-state index is 0.120. The van der Waals surface area contributed by atoms with Crippen molar-refractivity contribution in [3.8, 4) is 0 Å². The number of amides is 1. The number of likely N-dealkylation sites (tertiary alicyclic amines) is 2. The molecule has 6 nitrogen and oxygen atoms in total. The number of benzene rings is 1. The van der Waals surface area contributed by atoms with Gasteiger partial charge in [-0.25, -0.2) is 8.78 Å². The summed E-state index contributed by atoms with van der Waals surface area (Å²) in [6.07, 6.45) is 5.12. The quantitative estimate of drug-likeness (QED) is 0.713. The molecule has 2 aliphatic heterocycles. The summed E-state index contributed by atoms with van der Waals surface area (Å²) in [4.78, 5) is 16.0. The Morgan fingerprint density at radius 1 is 1.17 bits per heavy atom.